The Morgan fingerprint density at radius 3 is 2.65 bits per heavy atom. The minimum absolute atomic E-state index is 0.0564. The van der Waals surface area contributed by atoms with Crippen LogP contribution in [-0.4, -0.2) is 38.5 Å². The fourth-order valence-corrected chi connectivity index (χ4v) is 5.06. The fraction of sp³-hybridized carbons (Fsp3) is 0.700. The predicted molar refractivity (Wildman–Crippen MR) is 100 cm³/mol. The molecule has 0 amide bonds. The van der Waals surface area contributed by atoms with Crippen molar-refractivity contribution in [2.24, 2.45) is 11.8 Å². The molecule has 4 rings (SSSR count). The van der Waals surface area contributed by atoms with Crippen molar-refractivity contribution < 1.29 is 19.7 Å². The molecule has 5 nitrogen and oxygen atoms in total. The number of ketones is 1. The van der Waals surface area contributed by atoms with Crippen LogP contribution in [0.3, 0.4) is 0 Å². The second-order valence-corrected chi connectivity index (χ2v) is 9.32. The summed E-state index contributed by atoms with van der Waals surface area (Å²) in [4.78, 5) is 17.5. The van der Waals surface area contributed by atoms with Gasteiger partial charge >= 0.3 is 0 Å². The topological polar surface area (TPSA) is 79.7 Å². The summed E-state index contributed by atoms with van der Waals surface area (Å²) in [5.41, 5.74) is 1.53. The summed E-state index contributed by atoms with van der Waals surface area (Å²) in [7, 11) is 0. The molecule has 1 aromatic heterocycles. The van der Waals surface area contributed by atoms with E-state index in [1.54, 1.807) is 6.07 Å². The smallest absolute Gasteiger partial charge is 0.217 e. The van der Waals surface area contributed by atoms with Crippen LogP contribution in [0.5, 0.6) is 5.88 Å². The molecule has 0 bridgehead atoms. The van der Waals surface area contributed by atoms with Crippen molar-refractivity contribution in [1.29, 1.82) is 0 Å². The largest absolute Gasteiger partial charge is 0.477 e. The monoisotopic (exact) mass is 377 g/mol. The average molecular weight is 378 g/mol. The molecule has 2 saturated carbocycles. The van der Waals surface area contributed by atoms with E-state index in [1.165, 1.54) is 25.7 Å². The van der Waals surface area contributed by atoms with E-state index in [1.807, 2.05) is 6.07 Å². The lowest BCUT2D eigenvalue weighted by molar-refractivity contribution is -0.0919. The van der Waals surface area contributed by atoms with Gasteiger partial charge in [0.1, 0.15) is 5.69 Å². The number of hydrogen-bond acceptors (Lipinski definition) is 6. The molecule has 0 aromatic carbocycles. The number of carbonyl (C=O) groups excluding carboxylic acids is 1. The quantitative estimate of drug-likeness (QED) is 0.583. The number of carbonyl (C=O) groups is 1. The van der Waals surface area contributed by atoms with Crippen LogP contribution in [0.25, 0.3) is 0 Å². The molecule has 0 spiro atoms. The summed E-state index contributed by atoms with van der Waals surface area (Å²) in [6.07, 6.45) is 7.93. The molecule has 2 N–H and O–H groups in total. The molecule has 0 radical (unpaired) electrons. The number of nitrogens with zero attached hydrogens (tertiary/aromatic N) is 1. The van der Waals surface area contributed by atoms with Gasteiger partial charge in [-0.2, -0.15) is 0 Å². The first-order valence-electron chi connectivity index (χ1n) is 9.78. The standard InChI is InChI=1S/C20H27NO4S/c22-18(15-9-10-26-20(23,24)11-15)17-8-7-16(14-3-1-2-4-14)19(21-17)25-12-13-5-6-13/h7-8,13-15,23-24H,1-6,9-12H2. The molecule has 1 aromatic rings. The Kier molecular flexibility index (Phi) is 5.26. The van der Waals surface area contributed by atoms with Crippen LogP contribution in [0.2, 0.25) is 0 Å². The second kappa shape index (κ2) is 7.49. The zero-order valence-corrected chi connectivity index (χ0v) is 15.8. The molecule has 1 unspecified atom stereocenters. The molecule has 1 aliphatic heterocycles. The minimum atomic E-state index is -1.81. The highest BCUT2D eigenvalue weighted by Crippen LogP contribution is 2.40. The molecular weight excluding hydrogens is 350 g/mol. The summed E-state index contributed by atoms with van der Waals surface area (Å²) < 4.78 is 6.03. The zero-order valence-electron chi connectivity index (χ0n) is 15.0. The Morgan fingerprint density at radius 1 is 1.19 bits per heavy atom. The van der Waals surface area contributed by atoms with E-state index in [4.69, 9.17) is 4.74 Å². The lowest BCUT2D eigenvalue weighted by Crippen LogP contribution is -2.35. The maximum Gasteiger partial charge on any atom is 0.217 e. The molecule has 2 aliphatic carbocycles. The zero-order chi connectivity index (χ0) is 18.1. The van der Waals surface area contributed by atoms with Crippen molar-refractivity contribution in [1.82, 2.24) is 4.98 Å². The van der Waals surface area contributed by atoms with Gasteiger partial charge in [-0.15, -0.1) is 0 Å². The van der Waals surface area contributed by atoms with E-state index in [-0.39, 0.29) is 12.2 Å². The van der Waals surface area contributed by atoms with Crippen LogP contribution in [-0.2, 0) is 0 Å². The van der Waals surface area contributed by atoms with E-state index in [2.05, 4.69) is 4.98 Å². The van der Waals surface area contributed by atoms with Gasteiger partial charge in [-0.1, -0.05) is 30.7 Å². The van der Waals surface area contributed by atoms with E-state index >= 15 is 0 Å². The molecule has 3 fully saturated rings. The number of ether oxygens (including phenoxy) is 1. The summed E-state index contributed by atoms with van der Waals surface area (Å²) in [5.74, 6) is 1.80. The van der Waals surface area contributed by atoms with Gasteiger partial charge in [-0.05, 0) is 55.8 Å². The molecule has 2 heterocycles. The second-order valence-electron chi connectivity index (χ2n) is 7.97. The van der Waals surface area contributed by atoms with Crippen LogP contribution in [0.1, 0.15) is 73.3 Å². The summed E-state index contributed by atoms with van der Waals surface area (Å²) in [6.45, 7) is 0.681. The third-order valence-electron chi connectivity index (χ3n) is 5.77. The number of pyridine rings is 1. The number of Topliss-reactive ketones (excluding diaryl/α,β-unsaturated/α-hetero) is 1. The Balaban J connectivity index is 1.55. The Labute approximate surface area is 158 Å². The normalized spacial score (nSPS) is 26.0. The van der Waals surface area contributed by atoms with Crippen molar-refractivity contribution in [3.63, 3.8) is 0 Å². The van der Waals surface area contributed by atoms with Gasteiger partial charge in [-0.25, -0.2) is 4.98 Å². The molecule has 3 aliphatic rings. The van der Waals surface area contributed by atoms with Crippen molar-refractivity contribution in [2.45, 2.75) is 62.4 Å². The highest BCUT2D eigenvalue weighted by Gasteiger charge is 2.37. The van der Waals surface area contributed by atoms with Crippen molar-refractivity contribution in [2.75, 3.05) is 12.4 Å². The van der Waals surface area contributed by atoms with Gasteiger partial charge in [0.2, 0.25) is 11.0 Å². The lowest BCUT2D eigenvalue weighted by atomic mass is 9.92. The number of thioether (sulfide) groups is 1. The van der Waals surface area contributed by atoms with Crippen molar-refractivity contribution in [3.8, 4) is 5.88 Å². The van der Waals surface area contributed by atoms with Gasteiger partial charge in [0, 0.05) is 17.9 Å². The summed E-state index contributed by atoms with van der Waals surface area (Å²) in [6, 6.07) is 3.82. The summed E-state index contributed by atoms with van der Waals surface area (Å²) in [5, 5.41) is 17.9. The van der Waals surface area contributed by atoms with Gasteiger partial charge < -0.3 is 14.9 Å². The lowest BCUT2D eigenvalue weighted by Gasteiger charge is -2.30. The van der Waals surface area contributed by atoms with Crippen LogP contribution >= 0.6 is 11.8 Å². The van der Waals surface area contributed by atoms with Crippen LogP contribution in [0.4, 0.5) is 0 Å². The molecule has 6 heteroatoms. The highest BCUT2D eigenvalue weighted by atomic mass is 32.2. The third-order valence-corrected chi connectivity index (χ3v) is 6.84. The van der Waals surface area contributed by atoms with E-state index < -0.39 is 11.0 Å². The molecule has 26 heavy (non-hydrogen) atoms. The highest BCUT2D eigenvalue weighted by molar-refractivity contribution is 8.00. The maximum atomic E-state index is 12.9. The molecular formula is C20H27NO4S. The predicted octanol–water partition coefficient (Wildman–Crippen LogP) is 3.49. The first-order valence-corrected chi connectivity index (χ1v) is 10.8. The SMILES string of the molecule is O=C(c1ccc(C2CCCC2)c(OCC2CC2)n1)C1CCSC(O)(O)C1. The van der Waals surface area contributed by atoms with Crippen molar-refractivity contribution in [3.05, 3.63) is 23.4 Å². The van der Waals surface area contributed by atoms with Gasteiger partial charge in [-0.3, -0.25) is 4.79 Å². The molecule has 142 valence electrons. The van der Waals surface area contributed by atoms with Gasteiger partial charge in [0.15, 0.2) is 5.78 Å². The van der Waals surface area contributed by atoms with Crippen LogP contribution in [0, 0.1) is 11.8 Å². The van der Waals surface area contributed by atoms with E-state index in [0.29, 0.717) is 42.2 Å². The molecule has 1 atom stereocenters. The van der Waals surface area contributed by atoms with E-state index in [0.717, 1.165) is 30.2 Å². The minimum Gasteiger partial charge on any atom is -0.477 e. The number of aliphatic hydroxyl groups is 2. The van der Waals surface area contributed by atoms with Crippen molar-refractivity contribution >= 4 is 17.5 Å². The summed E-state index contributed by atoms with van der Waals surface area (Å²) >= 11 is 1.09. The first-order chi connectivity index (χ1) is 12.5. The third kappa shape index (κ3) is 4.24. The Hall–Kier alpha value is -1.11. The number of rotatable bonds is 6. The first kappa shape index (κ1) is 18.3. The Bertz CT molecular complexity index is 668. The van der Waals surface area contributed by atoms with E-state index in [9.17, 15) is 15.0 Å². The van der Waals surface area contributed by atoms with Gasteiger partial charge in [0.25, 0.3) is 0 Å². The van der Waals surface area contributed by atoms with Crippen LogP contribution in [0.15, 0.2) is 12.1 Å². The number of aromatic nitrogens is 1. The fourth-order valence-electron chi connectivity index (χ4n) is 4.01. The maximum absolute atomic E-state index is 12.9. The Morgan fingerprint density at radius 2 is 1.96 bits per heavy atom. The average Bonchev–Trinajstić information content (AvgIpc) is 3.30. The molecule has 1 saturated heterocycles. The number of hydrogen-bond donors (Lipinski definition) is 2. The van der Waals surface area contributed by atoms with Crippen LogP contribution < -0.4 is 4.74 Å². The van der Waals surface area contributed by atoms with Gasteiger partial charge in [0.05, 0.1) is 6.61 Å².